The number of anilines is 1. The van der Waals surface area contributed by atoms with Crippen molar-refractivity contribution in [3.05, 3.63) is 29.8 Å². The van der Waals surface area contributed by atoms with Gasteiger partial charge in [0.2, 0.25) is 0 Å². The average Bonchev–Trinajstić information content (AvgIpc) is 2.15. The van der Waals surface area contributed by atoms with Gasteiger partial charge in [-0.25, -0.2) is 0 Å². The van der Waals surface area contributed by atoms with Crippen LogP contribution in [0, 0.1) is 0 Å². The van der Waals surface area contributed by atoms with Crippen molar-refractivity contribution in [3.8, 4) is 0 Å². The Morgan fingerprint density at radius 3 is 2.92 bits per heavy atom. The van der Waals surface area contributed by atoms with E-state index in [9.17, 15) is 4.79 Å². The molecule has 0 saturated heterocycles. The number of rotatable bonds is 4. The molecule has 2 N–H and O–H groups in total. The van der Waals surface area contributed by atoms with Gasteiger partial charge in [0.1, 0.15) is 0 Å². The molecule has 0 aromatic heterocycles. The van der Waals surface area contributed by atoms with E-state index in [4.69, 9.17) is 5.11 Å². The second-order valence-corrected chi connectivity index (χ2v) is 2.79. The molecule has 3 heteroatoms. The van der Waals surface area contributed by atoms with Crippen LogP contribution in [-0.4, -0.2) is 24.0 Å². The van der Waals surface area contributed by atoms with Gasteiger partial charge in [-0.15, -0.1) is 0 Å². The second-order valence-electron chi connectivity index (χ2n) is 2.79. The van der Waals surface area contributed by atoms with Crippen LogP contribution in [0.1, 0.15) is 17.3 Å². The zero-order valence-electron chi connectivity index (χ0n) is 7.58. The summed E-state index contributed by atoms with van der Waals surface area (Å²) in [6.07, 6.45) is 0. The molecule has 0 fully saturated rings. The zero-order chi connectivity index (χ0) is 9.68. The summed E-state index contributed by atoms with van der Waals surface area (Å²) in [5.41, 5.74) is 1.55. The van der Waals surface area contributed by atoms with Crippen LogP contribution in [0.25, 0.3) is 0 Å². The minimum atomic E-state index is 0.0487. The van der Waals surface area contributed by atoms with Crippen molar-refractivity contribution in [3.63, 3.8) is 0 Å². The quantitative estimate of drug-likeness (QED) is 0.685. The number of benzene rings is 1. The van der Waals surface area contributed by atoms with E-state index in [1.54, 1.807) is 12.1 Å². The van der Waals surface area contributed by atoms with Crippen LogP contribution in [0.2, 0.25) is 0 Å². The van der Waals surface area contributed by atoms with Crippen molar-refractivity contribution in [2.45, 2.75) is 6.92 Å². The van der Waals surface area contributed by atoms with E-state index in [0.717, 1.165) is 5.69 Å². The monoisotopic (exact) mass is 179 g/mol. The summed E-state index contributed by atoms with van der Waals surface area (Å²) in [6, 6.07) is 7.23. The SMILES string of the molecule is CC(=O)c1cccc(NCCO)c1. The first kappa shape index (κ1) is 9.74. The molecule has 1 aromatic carbocycles. The summed E-state index contributed by atoms with van der Waals surface area (Å²) >= 11 is 0. The smallest absolute Gasteiger partial charge is 0.159 e. The van der Waals surface area contributed by atoms with Crippen LogP contribution in [0.3, 0.4) is 0 Å². The van der Waals surface area contributed by atoms with Gasteiger partial charge in [-0.1, -0.05) is 12.1 Å². The highest BCUT2D eigenvalue weighted by molar-refractivity contribution is 5.94. The van der Waals surface area contributed by atoms with E-state index in [1.807, 2.05) is 12.1 Å². The van der Waals surface area contributed by atoms with Gasteiger partial charge < -0.3 is 10.4 Å². The van der Waals surface area contributed by atoms with Crippen LogP contribution >= 0.6 is 0 Å². The molecular weight excluding hydrogens is 166 g/mol. The fourth-order valence-corrected chi connectivity index (χ4v) is 1.05. The van der Waals surface area contributed by atoms with Crippen molar-refractivity contribution in [1.29, 1.82) is 0 Å². The van der Waals surface area contributed by atoms with Crippen LogP contribution in [0.5, 0.6) is 0 Å². The lowest BCUT2D eigenvalue weighted by molar-refractivity contribution is 0.101. The zero-order valence-corrected chi connectivity index (χ0v) is 7.58. The summed E-state index contributed by atoms with van der Waals surface area (Å²) in [4.78, 5) is 11.0. The van der Waals surface area contributed by atoms with Crippen LogP contribution in [-0.2, 0) is 0 Å². The fourth-order valence-electron chi connectivity index (χ4n) is 1.05. The number of aliphatic hydroxyl groups excluding tert-OH is 1. The lowest BCUT2D eigenvalue weighted by Crippen LogP contribution is -2.05. The van der Waals surface area contributed by atoms with Crippen molar-refractivity contribution >= 4 is 11.5 Å². The van der Waals surface area contributed by atoms with Gasteiger partial charge in [0.05, 0.1) is 6.61 Å². The molecule has 0 spiro atoms. The first-order chi connectivity index (χ1) is 6.24. The van der Waals surface area contributed by atoms with E-state index in [0.29, 0.717) is 12.1 Å². The highest BCUT2D eigenvalue weighted by atomic mass is 16.3. The third-order valence-electron chi connectivity index (χ3n) is 1.71. The highest BCUT2D eigenvalue weighted by Gasteiger charge is 1.98. The molecule has 3 nitrogen and oxygen atoms in total. The number of carbonyl (C=O) groups is 1. The van der Waals surface area contributed by atoms with Gasteiger partial charge in [0.15, 0.2) is 5.78 Å². The molecule has 0 atom stereocenters. The lowest BCUT2D eigenvalue weighted by atomic mass is 10.1. The number of carbonyl (C=O) groups excluding carboxylic acids is 1. The minimum absolute atomic E-state index is 0.0487. The van der Waals surface area contributed by atoms with E-state index in [1.165, 1.54) is 6.92 Å². The van der Waals surface area contributed by atoms with Crippen LogP contribution in [0.4, 0.5) is 5.69 Å². The van der Waals surface area contributed by atoms with Crippen molar-refractivity contribution < 1.29 is 9.90 Å². The summed E-state index contributed by atoms with van der Waals surface area (Å²) in [5, 5.41) is 11.6. The van der Waals surface area contributed by atoms with Gasteiger partial charge in [-0.3, -0.25) is 4.79 Å². The maximum atomic E-state index is 11.0. The molecule has 0 amide bonds. The largest absolute Gasteiger partial charge is 0.395 e. The van der Waals surface area contributed by atoms with E-state index in [-0.39, 0.29) is 12.4 Å². The van der Waals surface area contributed by atoms with Crippen molar-refractivity contribution in [2.75, 3.05) is 18.5 Å². The average molecular weight is 179 g/mol. The molecule has 1 aromatic rings. The first-order valence-electron chi connectivity index (χ1n) is 4.20. The maximum Gasteiger partial charge on any atom is 0.159 e. The number of Topliss-reactive ketones (excluding diaryl/α,β-unsaturated/α-hetero) is 1. The lowest BCUT2D eigenvalue weighted by Gasteiger charge is -2.04. The number of aliphatic hydroxyl groups is 1. The molecule has 0 saturated carbocycles. The number of hydrogen-bond donors (Lipinski definition) is 2. The Hall–Kier alpha value is -1.35. The molecule has 0 heterocycles. The van der Waals surface area contributed by atoms with Gasteiger partial charge >= 0.3 is 0 Å². The van der Waals surface area contributed by atoms with Gasteiger partial charge in [0.25, 0.3) is 0 Å². The predicted octanol–water partition coefficient (Wildman–Crippen LogP) is 1.29. The fraction of sp³-hybridized carbons (Fsp3) is 0.300. The molecule has 0 bridgehead atoms. The number of ketones is 1. The Bertz CT molecular complexity index is 297. The van der Waals surface area contributed by atoms with E-state index in [2.05, 4.69) is 5.32 Å². The van der Waals surface area contributed by atoms with Crippen LogP contribution in [0.15, 0.2) is 24.3 Å². The van der Waals surface area contributed by atoms with Crippen LogP contribution < -0.4 is 5.32 Å². The molecule has 0 aliphatic carbocycles. The van der Waals surface area contributed by atoms with Gasteiger partial charge in [-0.05, 0) is 19.1 Å². The summed E-state index contributed by atoms with van der Waals surface area (Å²) in [6.45, 7) is 2.12. The summed E-state index contributed by atoms with van der Waals surface area (Å²) in [7, 11) is 0. The maximum absolute atomic E-state index is 11.0. The molecule has 0 aliphatic heterocycles. The third kappa shape index (κ3) is 2.87. The Kier molecular flexibility index (Phi) is 3.46. The van der Waals surface area contributed by atoms with Gasteiger partial charge in [-0.2, -0.15) is 0 Å². The van der Waals surface area contributed by atoms with E-state index >= 15 is 0 Å². The predicted molar refractivity (Wildman–Crippen MR) is 52.0 cm³/mol. The normalized spacial score (nSPS) is 9.69. The number of hydrogen-bond acceptors (Lipinski definition) is 3. The standard InChI is InChI=1S/C10H13NO2/c1-8(13)9-3-2-4-10(7-9)11-5-6-12/h2-4,7,11-12H,5-6H2,1H3. The number of nitrogens with one attached hydrogen (secondary N) is 1. The third-order valence-corrected chi connectivity index (χ3v) is 1.71. The van der Waals surface area contributed by atoms with E-state index < -0.39 is 0 Å². The Labute approximate surface area is 77.4 Å². The van der Waals surface area contributed by atoms with Crippen molar-refractivity contribution in [2.24, 2.45) is 0 Å². The Balaban J connectivity index is 2.73. The summed E-state index contributed by atoms with van der Waals surface area (Å²) in [5.74, 6) is 0.0487. The molecular formula is C10H13NO2. The molecule has 0 radical (unpaired) electrons. The highest BCUT2D eigenvalue weighted by Crippen LogP contribution is 2.10. The second kappa shape index (κ2) is 4.62. The van der Waals surface area contributed by atoms with Gasteiger partial charge in [0, 0.05) is 17.8 Å². The Morgan fingerprint density at radius 2 is 2.31 bits per heavy atom. The first-order valence-corrected chi connectivity index (χ1v) is 4.20. The van der Waals surface area contributed by atoms with Crippen molar-refractivity contribution in [1.82, 2.24) is 0 Å². The molecule has 0 unspecified atom stereocenters. The molecule has 0 aliphatic rings. The molecule has 70 valence electrons. The minimum Gasteiger partial charge on any atom is -0.395 e. The molecule has 13 heavy (non-hydrogen) atoms. The topological polar surface area (TPSA) is 49.3 Å². The Morgan fingerprint density at radius 1 is 1.54 bits per heavy atom. The molecule has 1 rings (SSSR count). The summed E-state index contributed by atoms with van der Waals surface area (Å²) < 4.78 is 0.